The summed E-state index contributed by atoms with van der Waals surface area (Å²) in [5.74, 6) is 0. The molecule has 1 aromatic rings. The van der Waals surface area contributed by atoms with Gasteiger partial charge in [0.05, 0.1) is 18.8 Å². The molecule has 6 nitrogen and oxygen atoms in total. The van der Waals surface area contributed by atoms with Gasteiger partial charge in [-0.3, -0.25) is 5.10 Å². The molecule has 1 saturated heterocycles. The van der Waals surface area contributed by atoms with E-state index in [9.17, 15) is 4.79 Å². The van der Waals surface area contributed by atoms with Crippen LogP contribution in [0.3, 0.4) is 0 Å². The minimum absolute atomic E-state index is 0.00321. The molecule has 2 amide bonds. The standard InChI is InChI=1S/C13H20N4O2/c1-17(11-4-5-19-8-11)13(18)15-10-3-2-9-7-14-16-12(9)6-10/h7,10-11H,2-6,8H2,1H3,(H,14,16)(H,15,18). The predicted molar refractivity (Wildman–Crippen MR) is 69.9 cm³/mol. The van der Waals surface area contributed by atoms with Gasteiger partial charge < -0.3 is 15.0 Å². The van der Waals surface area contributed by atoms with E-state index >= 15 is 0 Å². The maximum Gasteiger partial charge on any atom is 0.317 e. The summed E-state index contributed by atoms with van der Waals surface area (Å²) in [7, 11) is 1.85. The number of aryl methyl sites for hydroxylation is 1. The molecule has 2 unspecified atom stereocenters. The average Bonchev–Trinajstić information content (AvgIpc) is 3.08. The molecule has 6 heteroatoms. The predicted octanol–water partition coefficient (Wildman–Crippen LogP) is 0.697. The van der Waals surface area contributed by atoms with Crippen LogP contribution in [0.15, 0.2) is 6.20 Å². The molecule has 2 atom stereocenters. The number of amides is 2. The summed E-state index contributed by atoms with van der Waals surface area (Å²) < 4.78 is 5.32. The van der Waals surface area contributed by atoms with E-state index in [0.29, 0.717) is 6.61 Å². The van der Waals surface area contributed by atoms with Gasteiger partial charge in [-0.15, -0.1) is 0 Å². The molecule has 0 spiro atoms. The Balaban J connectivity index is 1.55. The van der Waals surface area contributed by atoms with Crippen molar-refractivity contribution in [2.45, 2.75) is 37.8 Å². The minimum Gasteiger partial charge on any atom is -0.379 e. The molecule has 0 aromatic carbocycles. The largest absolute Gasteiger partial charge is 0.379 e. The van der Waals surface area contributed by atoms with E-state index in [1.54, 1.807) is 4.90 Å². The Labute approximate surface area is 112 Å². The van der Waals surface area contributed by atoms with Crippen molar-refractivity contribution < 1.29 is 9.53 Å². The number of carbonyl (C=O) groups excluding carboxylic acids is 1. The summed E-state index contributed by atoms with van der Waals surface area (Å²) in [4.78, 5) is 14.0. The number of H-pyrrole nitrogens is 1. The quantitative estimate of drug-likeness (QED) is 0.826. The lowest BCUT2D eigenvalue weighted by Gasteiger charge is -2.28. The normalized spacial score (nSPS) is 25.9. The topological polar surface area (TPSA) is 70.2 Å². The highest BCUT2D eigenvalue weighted by atomic mass is 16.5. The molecule has 3 rings (SSSR count). The van der Waals surface area contributed by atoms with Crippen molar-refractivity contribution in [3.8, 4) is 0 Å². The fraction of sp³-hybridized carbons (Fsp3) is 0.692. The molecule has 1 aromatic heterocycles. The van der Waals surface area contributed by atoms with E-state index in [1.165, 1.54) is 5.56 Å². The van der Waals surface area contributed by atoms with Gasteiger partial charge in [-0.25, -0.2) is 4.79 Å². The third-order valence-electron chi connectivity index (χ3n) is 4.12. The summed E-state index contributed by atoms with van der Waals surface area (Å²) in [6, 6.07) is 0.417. The second-order valence-electron chi connectivity index (χ2n) is 5.39. The molecule has 104 valence electrons. The highest BCUT2D eigenvalue weighted by Gasteiger charge is 2.27. The first-order valence-electron chi connectivity index (χ1n) is 6.86. The molecular weight excluding hydrogens is 244 g/mol. The first kappa shape index (κ1) is 12.5. The van der Waals surface area contributed by atoms with Crippen LogP contribution in [0.25, 0.3) is 0 Å². The zero-order valence-electron chi connectivity index (χ0n) is 11.2. The van der Waals surface area contributed by atoms with E-state index in [-0.39, 0.29) is 18.1 Å². The van der Waals surface area contributed by atoms with Crippen molar-refractivity contribution in [1.82, 2.24) is 20.4 Å². The van der Waals surface area contributed by atoms with E-state index < -0.39 is 0 Å². The van der Waals surface area contributed by atoms with Gasteiger partial charge in [-0.2, -0.15) is 5.10 Å². The van der Waals surface area contributed by atoms with Crippen molar-refractivity contribution in [3.05, 3.63) is 17.5 Å². The number of urea groups is 1. The third kappa shape index (κ3) is 2.58. The number of hydrogen-bond donors (Lipinski definition) is 2. The Morgan fingerprint density at radius 2 is 2.47 bits per heavy atom. The monoisotopic (exact) mass is 264 g/mol. The first-order valence-corrected chi connectivity index (χ1v) is 6.86. The van der Waals surface area contributed by atoms with Crippen LogP contribution in [-0.4, -0.2) is 53.5 Å². The summed E-state index contributed by atoms with van der Waals surface area (Å²) in [5, 5.41) is 10.2. The Bertz CT molecular complexity index is 453. The lowest BCUT2D eigenvalue weighted by Crippen LogP contribution is -2.49. The molecule has 1 fully saturated rings. The maximum absolute atomic E-state index is 12.2. The van der Waals surface area contributed by atoms with Crippen molar-refractivity contribution in [3.63, 3.8) is 0 Å². The molecular formula is C13H20N4O2. The molecule has 1 aliphatic heterocycles. The molecule has 0 radical (unpaired) electrons. The minimum atomic E-state index is 0.00321. The molecule has 1 aliphatic carbocycles. The Morgan fingerprint density at radius 3 is 3.26 bits per heavy atom. The van der Waals surface area contributed by atoms with Gasteiger partial charge in [-0.05, 0) is 24.8 Å². The van der Waals surface area contributed by atoms with Crippen molar-refractivity contribution in [2.75, 3.05) is 20.3 Å². The fourth-order valence-corrected chi connectivity index (χ4v) is 2.80. The SMILES string of the molecule is CN(C(=O)NC1CCc2cn[nH]c2C1)C1CCOC1. The molecule has 2 N–H and O–H groups in total. The fourth-order valence-electron chi connectivity index (χ4n) is 2.80. The number of likely N-dealkylation sites (N-methyl/N-ethyl adjacent to an activating group) is 1. The van der Waals surface area contributed by atoms with Crippen LogP contribution >= 0.6 is 0 Å². The number of nitrogens with zero attached hydrogens (tertiary/aromatic N) is 2. The lowest BCUT2D eigenvalue weighted by atomic mass is 9.94. The van der Waals surface area contributed by atoms with Gasteiger partial charge >= 0.3 is 6.03 Å². The zero-order chi connectivity index (χ0) is 13.2. The van der Waals surface area contributed by atoms with Crippen LogP contribution in [0.1, 0.15) is 24.1 Å². The van der Waals surface area contributed by atoms with Crippen LogP contribution in [0.5, 0.6) is 0 Å². The van der Waals surface area contributed by atoms with E-state index in [0.717, 1.165) is 38.0 Å². The Hall–Kier alpha value is -1.56. The summed E-state index contributed by atoms with van der Waals surface area (Å²) in [5.41, 5.74) is 2.44. The van der Waals surface area contributed by atoms with E-state index in [2.05, 4.69) is 15.5 Å². The van der Waals surface area contributed by atoms with E-state index in [4.69, 9.17) is 4.74 Å². The number of rotatable bonds is 2. The van der Waals surface area contributed by atoms with Gasteiger partial charge in [-0.1, -0.05) is 0 Å². The molecule has 19 heavy (non-hydrogen) atoms. The van der Waals surface area contributed by atoms with Crippen LogP contribution in [0.2, 0.25) is 0 Å². The number of aromatic amines is 1. The van der Waals surface area contributed by atoms with Crippen molar-refractivity contribution in [1.29, 1.82) is 0 Å². The summed E-state index contributed by atoms with van der Waals surface area (Å²) in [6.07, 6.45) is 5.62. The average molecular weight is 264 g/mol. The van der Waals surface area contributed by atoms with Crippen molar-refractivity contribution in [2.24, 2.45) is 0 Å². The van der Waals surface area contributed by atoms with Crippen LogP contribution in [0.4, 0.5) is 4.79 Å². The van der Waals surface area contributed by atoms with E-state index in [1.807, 2.05) is 13.2 Å². The van der Waals surface area contributed by atoms with Gasteiger partial charge in [0.25, 0.3) is 0 Å². The summed E-state index contributed by atoms with van der Waals surface area (Å²) >= 11 is 0. The number of fused-ring (bicyclic) bond motifs is 1. The second kappa shape index (κ2) is 5.21. The lowest BCUT2D eigenvalue weighted by molar-refractivity contribution is 0.156. The van der Waals surface area contributed by atoms with Gasteiger partial charge in [0.2, 0.25) is 0 Å². The molecule has 2 aliphatic rings. The molecule has 2 heterocycles. The maximum atomic E-state index is 12.2. The molecule has 0 bridgehead atoms. The van der Waals surface area contributed by atoms with Crippen LogP contribution in [0, 0.1) is 0 Å². The van der Waals surface area contributed by atoms with Crippen molar-refractivity contribution >= 4 is 6.03 Å². The smallest absolute Gasteiger partial charge is 0.317 e. The third-order valence-corrected chi connectivity index (χ3v) is 4.12. The number of hydrogen-bond acceptors (Lipinski definition) is 3. The van der Waals surface area contributed by atoms with Crippen LogP contribution < -0.4 is 5.32 Å². The molecule has 0 saturated carbocycles. The van der Waals surface area contributed by atoms with Crippen LogP contribution in [-0.2, 0) is 17.6 Å². The Morgan fingerprint density at radius 1 is 1.58 bits per heavy atom. The highest BCUT2D eigenvalue weighted by molar-refractivity contribution is 5.74. The number of carbonyl (C=O) groups is 1. The zero-order valence-corrected chi connectivity index (χ0v) is 11.2. The Kier molecular flexibility index (Phi) is 3.42. The highest BCUT2D eigenvalue weighted by Crippen LogP contribution is 2.19. The van der Waals surface area contributed by atoms with Gasteiger partial charge in [0, 0.05) is 31.8 Å². The number of aromatic nitrogens is 2. The van der Waals surface area contributed by atoms with Gasteiger partial charge in [0.15, 0.2) is 0 Å². The first-order chi connectivity index (χ1) is 9.24. The van der Waals surface area contributed by atoms with Gasteiger partial charge in [0.1, 0.15) is 0 Å². The number of ether oxygens (including phenoxy) is 1. The summed E-state index contributed by atoms with van der Waals surface area (Å²) in [6.45, 7) is 1.41. The number of nitrogens with one attached hydrogen (secondary N) is 2. The second-order valence-corrected chi connectivity index (χ2v) is 5.39.